The molecule has 5 rings (SSSR count). The summed E-state index contributed by atoms with van der Waals surface area (Å²) >= 11 is 0. The highest BCUT2D eigenvalue weighted by Gasteiger charge is 2.38. The predicted octanol–water partition coefficient (Wildman–Crippen LogP) is 6.38. The van der Waals surface area contributed by atoms with Gasteiger partial charge in [0.05, 0.1) is 16.3 Å². The first-order valence-corrected chi connectivity index (χ1v) is 16.9. The standard InChI is InChI=1S/C36H32N2O4S2/c1-29-18-22-34(23-19-29)43(39,40)37-36(32-14-8-4-9-15-32,33-16-10-5-11-17-33)26-27-38(28-31-12-6-3-7-13-31)44(41,42)35-24-20-30(2)21-25-35/h3-25,37H,28H2,1-2H3. The molecular weight excluding hydrogens is 589 g/mol. The van der Waals surface area contributed by atoms with Gasteiger partial charge in [0.2, 0.25) is 10.0 Å². The lowest BCUT2D eigenvalue weighted by molar-refractivity contribution is 0.505. The van der Waals surface area contributed by atoms with Gasteiger partial charge in [-0.15, -0.1) is 0 Å². The van der Waals surface area contributed by atoms with Gasteiger partial charge in [-0.25, -0.2) is 21.1 Å². The first kappa shape index (κ1) is 30.8. The van der Waals surface area contributed by atoms with Crippen molar-refractivity contribution < 1.29 is 16.8 Å². The third-order valence-electron chi connectivity index (χ3n) is 7.18. The Kier molecular flexibility index (Phi) is 9.02. The average Bonchev–Trinajstić information content (AvgIpc) is 3.04. The van der Waals surface area contributed by atoms with Gasteiger partial charge in [-0.3, -0.25) is 0 Å². The van der Waals surface area contributed by atoms with Gasteiger partial charge >= 0.3 is 0 Å². The monoisotopic (exact) mass is 620 g/mol. The Hall–Kier alpha value is -4.68. The molecule has 0 unspecified atom stereocenters. The van der Waals surface area contributed by atoms with Gasteiger partial charge < -0.3 is 0 Å². The summed E-state index contributed by atoms with van der Waals surface area (Å²) in [7, 11) is -8.27. The molecule has 8 heteroatoms. The van der Waals surface area contributed by atoms with Crippen molar-refractivity contribution in [2.24, 2.45) is 0 Å². The van der Waals surface area contributed by atoms with Gasteiger partial charge in [0, 0.05) is 6.04 Å². The molecule has 222 valence electrons. The molecule has 0 saturated carbocycles. The molecule has 44 heavy (non-hydrogen) atoms. The molecule has 0 bridgehead atoms. The van der Waals surface area contributed by atoms with Gasteiger partial charge in [-0.05, 0) is 60.7 Å². The highest BCUT2D eigenvalue weighted by Crippen LogP contribution is 2.32. The zero-order valence-corrected chi connectivity index (χ0v) is 26.0. The Morgan fingerprint density at radius 1 is 0.591 bits per heavy atom. The number of nitrogens with one attached hydrogen (secondary N) is 1. The van der Waals surface area contributed by atoms with Gasteiger partial charge in [0.25, 0.3) is 10.0 Å². The fourth-order valence-electron chi connectivity index (χ4n) is 4.73. The summed E-state index contributed by atoms with van der Waals surface area (Å²) < 4.78 is 60.0. The zero-order valence-electron chi connectivity index (χ0n) is 24.4. The van der Waals surface area contributed by atoms with Gasteiger partial charge in [-0.1, -0.05) is 126 Å². The molecule has 6 nitrogen and oxygen atoms in total. The van der Waals surface area contributed by atoms with Gasteiger partial charge in [0.1, 0.15) is 5.54 Å². The summed E-state index contributed by atoms with van der Waals surface area (Å²) in [5.74, 6) is 3.12. The van der Waals surface area contributed by atoms with Crippen LogP contribution in [0.25, 0.3) is 0 Å². The highest BCUT2D eigenvalue weighted by molar-refractivity contribution is 7.89. The van der Waals surface area contributed by atoms with Crippen LogP contribution in [-0.4, -0.2) is 21.1 Å². The minimum Gasteiger partial charge on any atom is -0.220 e. The Bertz CT molecular complexity index is 1950. The number of rotatable bonds is 9. The molecule has 0 fully saturated rings. The van der Waals surface area contributed by atoms with E-state index < -0.39 is 25.6 Å². The van der Waals surface area contributed by atoms with Crippen LogP contribution in [0.4, 0.5) is 0 Å². The van der Waals surface area contributed by atoms with Crippen LogP contribution in [0.3, 0.4) is 0 Å². The van der Waals surface area contributed by atoms with Crippen LogP contribution >= 0.6 is 0 Å². The lowest BCUT2D eigenvalue weighted by Gasteiger charge is -2.31. The molecule has 0 heterocycles. The van der Waals surface area contributed by atoms with E-state index in [2.05, 4.69) is 16.7 Å². The smallest absolute Gasteiger partial charge is 0.220 e. The molecule has 0 saturated heterocycles. The number of nitrogens with zero attached hydrogens (tertiary/aromatic N) is 1. The maximum Gasteiger partial charge on any atom is 0.271 e. The van der Waals surface area contributed by atoms with E-state index in [9.17, 15) is 16.8 Å². The molecule has 0 atom stereocenters. The maximum absolute atomic E-state index is 14.1. The van der Waals surface area contributed by atoms with Crippen molar-refractivity contribution in [1.82, 2.24) is 9.03 Å². The molecule has 5 aromatic carbocycles. The summed E-state index contributed by atoms with van der Waals surface area (Å²) in [6.45, 7) is 3.71. The molecule has 0 aliphatic heterocycles. The molecule has 0 aliphatic rings. The number of hydrogen-bond donors (Lipinski definition) is 1. The van der Waals surface area contributed by atoms with Crippen LogP contribution in [0.15, 0.2) is 149 Å². The second-order valence-corrected chi connectivity index (χ2v) is 14.0. The molecule has 0 radical (unpaired) electrons. The normalized spacial score (nSPS) is 11.8. The van der Waals surface area contributed by atoms with E-state index >= 15 is 0 Å². The van der Waals surface area contributed by atoms with Crippen LogP contribution in [-0.2, 0) is 32.1 Å². The average molecular weight is 621 g/mol. The van der Waals surface area contributed by atoms with Crippen molar-refractivity contribution in [3.05, 3.63) is 167 Å². The fraction of sp³-hybridized carbons (Fsp3) is 0.111. The van der Waals surface area contributed by atoms with Crippen molar-refractivity contribution in [2.75, 3.05) is 0 Å². The maximum atomic E-state index is 14.1. The van der Waals surface area contributed by atoms with Gasteiger partial charge in [-0.2, -0.15) is 4.72 Å². The van der Waals surface area contributed by atoms with E-state index in [1.165, 1.54) is 12.1 Å². The van der Waals surface area contributed by atoms with Crippen LogP contribution in [0.5, 0.6) is 0 Å². The molecule has 0 spiro atoms. The van der Waals surface area contributed by atoms with Crippen molar-refractivity contribution in [3.8, 4) is 12.0 Å². The van der Waals surface area contributed by atoms with Crippen LogP contribution < -0.4 is 4.72 Å². The summed E-state index contributed by atoms with van der Waals surface area (Å²) in [6.07, 6.45) is 0. The molecule has 0 aromatic heterocycles. The van der Waals surface area contributed by atoms with E-state index in [0.717, 1.165) is 21.0 Å². The molecule has 0 aliphatic carbocycles. The van der Waals surface area contributed by atoms with Crippen LogP contribution in [0, 0.1) is 25.8 Å². The van der Waals surface area contributed by atoms with Crippen molar-refractivity contribution in [1.29, 1.82) is 0 Å². The van der Waals surface area contributed by atoms with Gasteiger partial charge in [0.15, 0.2) is 0 Å². The molecule has 0 amide bonds. The highest BCUT2D eigenvalue weighted by atomic mass is 32.2. The van der Waals surface area contributed by atoms with E-state index in [0.29, 0.717) is 11.1 Å². The number of benzene rings is 5. The largest absolute Gasteiger partial charge is 0.271 e. The fourth-order valence-corrected chi connectivity index (χ4v) is 7.25. The Balaban J connectivity index is 1.74. The third kappa shape index (κ3) is 6.76. The Labute approximate surface area is 260 Å². The van der Waals surface area contributed by atoms with Crippen molar-refractivity contribution in [3.63, 3.8) is 0 Å². The van der Waals surface area contributed by atoms with E-state index in [1.54, 1.807) is 84.9 Å². The number of sulfonamides is 2. The number of hydrogen-bond acceptors (Lipinski definition) is 4. The quantitative estimate of drug-likeness (QED) is 0.153. The SMILES string of the molecule is Cc1ccc(S(=O)(=O)NC(C#CN(Cc2ccccc2)S(=O)(=O)c2ccc(C)cc2)(c2ccccc2)c2ccccc2)cc1. The zero-order chi connectivity index (χ0) is 31.2. The third-order valence-corrected chi connectivity index (χ3v) is 10.3. The minimum absolute atomic E-state index is 0.0472. The summed E-state index contributed by atoms with van der Waals surface area (Å²) in [4.78, 5) is 0.146. The lowest BCUT2D eigenvalue weighted by Crippen LogP contribution is -2.46. The minimum atomic E-state index is -4.15. The van der Waals surface area contributed by atoms with E-state index in [1.807, 2.05) is 56.3 Å². The Morgan fingerprint density at radius 2 is 1.02 bits per heavy atom. The molecular formula is C36H32N2O4S2. The first-order valence-electron chi connectivity index (χ1n) is 14.0. The second kappa shape index (κ2) is 12.9. The summed E-state index contributed by atoms with van der Waals surface area (Å²) in [5.41, 5.74) is 1.97. The molecule has 5 aromatic rings. The number of aryl methyl sites for hydroxylation is 2. The first-order chi connectivity index (χ1) is 21.1. The second-order valence-electron chi connectivity index (χ2n) is 10.4. The van der Waals surface area contributed by atoms with Crippen molar-refractivity contribution in [2.45, 2.75) is 35.7 Å². The van der Waals surface area contributed by atoms with E-state index in [4.69, 9.17) is 0 Å². The van der Waals surface area contributed by atoms with Crippen LogP contribution in [0.1, 0.15) is 27.8 Å². The topological polar surface area (TPSA) is 83.6 Å². The Morgan fingerprint density at radius 3 is 1.50 bits per heavy atom. The van der Waals surface area contributed by atoms with Crippen LogP contribution in [0.2, 0.25) is 0 Å². The summed E-state index contributed by atoms with van der Waals surface area (Å²) in [6, 6.07) is 43.0. The van der Waals surface area contributed by atoms with E-state index in [-0.39, 0.29) is 16.3 Å². The molecule has 1 N–H and O–H groups in total. The lowest BCUT2D eigenvalue weighted by atomic mass is 9.84. The van der Waals surface area contributed by atoms with Crippen molar-refractivity contribution >= 4 is 20.0 Å². The summed E-state index contributed by atoms with van der Waals surface area (Å²) in [5, 5.41) is 0. The predicted molar refractivity (Wildman–Crippen MR) is 173 cm³/mol.